The van der Waals surface area contributed by atoms with Gasteiger partial charge < -0.3 is 15.6 Å². The van der Waals surface area contributed by atoms with E-state index in [1.165, 1.54) is 6.92 Å². The van der Waals surface area contributed by atoms with Crippen molar-refractivity contribution in [2.24, 2.45) is 5.73 Å². The number of hydrogen-bond donors (Lipinski definition) is 2. The molecule has 0 aliphatic carbocycles. The van der Waals surface area contributed by atoms with Gasteiger partial charge in [0.05, 0.1) is 6.61 Å². The van der Waals surface area contributed by atoms with Crippen molar-refractivity contribution >= 4 is 12.1 Å². The van der Waals surface area contributed by atoms with Gasteiger partial charge in [-0.2, -0.15) is 0 Å². The summed E-state index contributed by atoms with van der Waals surface area (Å²) in [6, 6.07) is 0. The molecule has 0 saturated heterocycles. The second-order valence-electron chi connectivity index (χ2n) is 1.26. The Morgan fingerprint density at radius 2 is 1.90 bits per heavy atom. The third-order valence-electron chi connectivity index (χ3n) is 0.348. The Hall–Kier alpha value is -1.26. The fraction of sp³-hybridized carbons (Fsp3) is 0.600. The number of carbonyl (C=O) groups is 2. The Labute approximate surface area is 58.8 Å². The van der Waals surface area contributed by atoms with Crippen molar-refractivity contribution in [3.05, 3.63) is 0 Å². The Bertz CT molecular complexity index is 108. The van der Waals surface area contributed by atoms with Crippen molar-refractivity contribution in [3.8, 4) is 0 Å². The van der Waals surface area contributed by atoms with Crippen LogP contribution in [-0.4, -0.2) is 23.8 Å². The third kappa shape index (κ3) is 73.3. The highest BCUT2D eigenvalue weighted by Gasteiger charge is 1.81. The maximum absolute atomic E-state index is 9.82. The standard InChI is InChI=1S/C4H8O2.CH3NO2/c1-3-6-4(2)5;2-1(3)4/h3H2,1-2H3;2H2,(H,3,4). The van der Waals surface area contributed by atoms with Crippen LogP contribution in [-0.2, 0) is 9.53 Å². The zero-order valence-corrected chi connectivity index (χ0v) is 5.96. The molecule has 60 valence electrons. The average Bonchev–Trinajstić information content (AvgIpc) is 1.62. The van der Waals surface area contributed by atoms with Crippen LogP contribution < -0.4 is 5.73 Å². The number of rotatable bonds is 1. The first-order valence-electron chi connectivity index (χ1n) is 2.62. The minimum Gasteiger partial charge on any atom is -0.466 e. The van der Waals surface area contributed by atoms with Crippen LogP contribution in [0.3, 0.4) is 0 Å². The molecule has 0 rings (SSSR count). The second-order valence-corrected chi connectivity index (χ2v) is 1.26. The third-order valence-corrected chi connectivity index (χ3v) is 0.348. The molecule has 0 radical (unpaired) electrons. The summed E-state index contributed by atoms with van der Waals surface area (Å²) in [6.45, 7) is 3.65. The van der Waals surface area contributed by atoms with Gasteiger partial charge in [-0.25, -0.2) is 4.79 Å². The molecule has 0 fully saturated rings. The van der Waals surface area contributed by atoms with Crippen molar-refractivity contribution in [2.45, 2.75) is 13.8 Å². The number of carboxylic acid groups (broad SMARTS) is 1. The lowest BCUT2D eigenvalue weighted by atomic mass is 10.8. The zero-order valence-electron chi connectivity index (χ0n) is 5.96. The first-order chi connectivity index (χ1) is 4.50. The molecule has 10 heavy (non-hydrogen) atoms. The lowest BCUT2D eigenvalue weighted by Crippen LogP contribution is -2.03. The van der Waals surface area contributed by atoms with Crippen LogP contribution in [0, 0.1) is 0 Å². The van der Waals surface area contributed by atoms with Gasteiger partial charge in [-0.05, 0) is 6.92 Å². The molecule has 0 aliphatic heterocycles. The number of ether oxygens (including phenoxy) is 1. The van der Waals surface area contributed by atoms with E-state index in [0.29, 0.717) is 6.61 Å². The monoisotopic (exact) mass is 149 g/mol. The van der Waals surface area contributed by atoms with E-state index in [0.717, 1.165) is 0 Å². The molecule has 5 nitrogen and oxygen atoms in total. The molecular formula is C5H11NO4. The van der Waals surface area contributed by atoms with Crippen molar-refractivity contribution in [1.82, 2.24) is 0 Å². The molecular weight excluding hydrogens is 138 g/mol. The normalized spacial score (nSPS) is 7.00. The van der Waals surface area contributed by atoms with Crippen molar-refractivity contribution in [1.29, 1.82) is 0 Å². The predicted molar refractivity (Wildman–Crippen MR) is 34.5 cm³/mol. The van der Waals surface area contributed by atoms with E-state index in [2.05, 4.69) is 10.5 Å². The largest absolute Gasteiger partial charge is 0.466 e. The molecule has 0 unspecified atom stereocenters. The van der Waals surface area contributed by atoms with Gasteiger partial charge in [0, 0.05) is 6.92 Å². The first-order valence-corrected chi connectivity index (χ1v) is 2.62. The molecule has 0 atom stereocenters. The van der Waals surface area contributed by atoms with Gasteiger partial charge >= 0.3 is 12.1 Å². The van der Waals surface area contributed by atoms with Crippen molar-refractivity contribution in [3.63, 3.8) is 0 Å². The Morgan fingerprint density at radius 3 is 1.90 bits per heavy atom. The fourth-order valence-corrected chi connectivity index (χ4v) is 0.203. The summed E-state index contributed by atoms with van der Waals surface area (Å²) in [7, 11) is 0. The SMILES string of the molecule is CCOC(C)=O.NC(=O)O. The quantitative estimate of drug-likeness (QED) is 0.521. The molecule has 0 heterocycles. The summed E-state index contributed by atoms with van der Waals surface area (Å²) in [4.78, 5) is 18.6. The summed E-state index contributed by atoms with van der Waals surface area (Å²) >= 11 is 0. The van der Waals surface area contributed by atoms with Gasteiger partial charge in [0.25, 0.3) is 0 Å². The molecule has 0 bridgehead atoms. The van der Waals surface area contributed by atoms with Gasteiger partial charge in [-0.3, -0.25) is 4.79 Å². The summed E-state index contributed by atoms with van der Waals surface area (Å²) in [5.41, 5.74) is 4.03. The number of esters is 1. The minimum absolute atomic E-state index is 0.211. The molecule has 0 aromatic rings. The van der Waals surface area contributed by atoms with Crippen LogP contribution in [0.1, 0.15) is 13.8 Å². The highest BCUT2D eigenvalue weighted by atomic mass is 16.5. The average molecular weight is 149 g/mol. The van der Waals surface area contributed by atoms with Crippen LogP contribution in [0.5, 0.6) is 0 Å². The molecule has 3 N–H and O–H groups in total. The van der Waals surface area contributed by atoms with E-state index in [1.807, 2.05) is 0 Å². The van der Waals surface area contributed by atoms with E-state index in [-0.39, 0.29) is 5.97 Å². The fourth-order valence-electron chi connectivity index (χ4n) is 0.203. The molecule has 0 aromatic heterocycles. The van der Waals surface area contributed by atoms with Gasteiger partial charge in [0.15, 0.2) is 0 Å². The summed E-state index contributed by atoms with van der Waals surface area (Å²) in [6.07, 6.45) is -1.33. The smallest absolute Gasteiger partial charge is 0.402 e. The molecule has 0 saturated carbocycles. The molecule has 5 heteroatoms. The van der Waals surface area contributed by atoms with Gasteiger partial charge in [0.1, 0.15) is 0 Å². The Morgan fingerprint density at radius 1 is 1.60 bits per heavy atom. The maximum Gasteiger partial charge on any atom is 0.402 e. The first kappa shape index (κ1) is 11.5. The Kier molecular flexibility index (Phi) is 8.92. The zero-order chi connectivity index (χ0) is 8.57. The van der Waals surface area contributed by atoms with Crippen molar-refractivity contribution in [2.75, 3.05) is 6.61 Å². The predicted octanol–water partition coefficient (Wildman–Crippen LogP) is 0.193. The number of primary amides is 1. The van der Waals surface area contributed by atoms with Crippen LogP contribution in [0.15, 0.2) is 0 Å². The van der Waals surface area contributed by atoms with Gasteiger partial charge in [-0.1, -0.05) is 0 Å². The molecule has 0 aliphatic rings. The van der Waals surface area contributed by atoms with E-state index in [4.69, 9.17) is 9.90 Å². The topological polar surface area (TPSA) is 89.6 Å². The summed E-state index contributed by atoms with van der Waals surface area (Å²) < 4.78 is 4.40. The highest BCUT2D eigenvalue weighted by Crippen LogP contribution is 1.69. The highest BCUT2D eigenvalue weighted by molar-refractivity contribution is 5.65. The number of hydrogen-bond acceptors (Lipinski definition) is 3. The second kappa shape index (κ2) is 7.74. The Balaban J connectivity index is 0. The van der Waals surface area contributed by atoms with Gasteiger partial charge in [-0.15, -0.1) is 0 Å². The molecule has 0 aromatic carbocycles. The van der Waals surface area contributed by atoms with E-state index < -0.39 is 6.09 Å². The van der Waals surface area contributed by atoms with Crippen molar-refractivity contribution < 1.29 is 19.4 Å². The summed E-state index contributed by atoms with van der Waals surface area (Å²) in [5.74, 6) is -0.211. The summed E-state index contributed by atoms with van der Waals surface area (Å²) in [5, 5.41) is 7.19. The molecule has 0 spiro atoms. The molecule has 1 amide bonds. The van der Waals surface area contributed by atoms with E-state index >= 15 is 0 Å². The number of carbonyl (C=O) groups excluding carboxylic acids is 1. The van der Waals surface area contributed by atoms with E-state index in [1.54, 1.807) is 6.92 Å². The number of nitrogens with two attached hydrogens (primary N) is 1. The lowest BCUT2D eigenvalue weighted by molar-refractivity contribution is -0.140. The van der Waals surface area contributed by atoms with Gasteiger partial charge in [0.2, 0.25) is 0 Å². The van der Waals surface area contributed by atoms with Crippen LogP contribution in [0.25, 0.3) is 0 Å². The minimum atomic E-state index is -1.33. The lowest BCUT2D eigenvalue weighted by Gasteiger charge is -1.89. The van der Waals surface area contributed by atoms with Crippen LogP contribution in [0.2, 0.25) is 0 Å². The van der Waals surface area contributed by atoms with Crippen LogP contribution >= 0.6 is 0 Å². The number of amides is 1. The van der Waals surface area contributed by atoms with Crippen LogP contribution in [0.4, 0.5) is 4.79 Å². The van der Waals surface area contributed by atoms with E-state index in [9.17, 15) is 4.79 Å². The maximum atomic E-state index is 9.82.